The molecular weight excluding hydrogens is 1010 g/mol. The van der Waals surface area contributed by atoms with Crippen LogP contribution >= 0.6 is 21.6 Å². The number of hydrogen-bond donors (Lipinski definition) is 7. The Balaban J connectivity index is 0.981. The van der Waals surface area contributed by atoms with E-state index in [1.54, 1.807) is 79.7 Å². The van der Waals surface area contributed by atoms with Gasteiger partial charge in [0.1, 0.15) is 22.9 Å². The number of phenolic OH excluding ortho intramolecular Hbond substituents is 3. The van der Waals surface area contributed by atoms with E-state index in [0.29, 0.717) is 91.4 Å². The number of nitrogens with zero attached hydrogens (tertiary/aromatic N) is 2. The number of aromatic amines is 2. The fraction of sp³-hybridized carbons (Fsp3) is 0.203. The van der Waals surface area contributed by atoms with Crippen LogP contribution < -0.4 is 10.6 Å². The van der Waals surface area contributed by atoms with Crippen molar-refractivity contribution >= 4 is 79.7 Å². The summed E-state index contributed by atoms with van der Waals surface area (Å²) in [6, 6.07) is 26.4. The zero-order valence-corrected chi connectivity index (χ0v) is 42.3. The van der Waals surface area contributed by atoms with Gasteiger partial charge in [-0.1, -0.05) is 58.0 Å². The molecular formula is C59H48F4N6O5S2. The number of carbonyl (C=O) groups is 1. The van der Waals surface area contributed by atoms with Crippen LogP contribution in [0.5, 0.6) is 17.2 Å². The molecule has 17 heteroatoms. The Bertz CT molecular complexity index is 3680. The summed E-state index contributed by atoms with van der Waals surface area (Å²) >= 11 is 0. The number of rotatable bonds is 13. The number of hydrogen-bond acceptors (Lipinski definition) is 10. The van der Waals surface area contributed by atoms with Gasteiger partial charge in [-0.3, -0.25) is 0 Å². The van der Waals surface area contributed by atoms with Crippen molar-refractivity contribution in [3.05, 3.63) is 143 Å². The number of halogens is 4. The summed E-state index contributed by atoms with van der Waals surface area (Å²) in [5.41, 5.74) is 3.51. The smallest absolute Gasteiger partial charge is 0.407 e. The maximum absolute atomic E-state index is 17.0. The Kier molecular flexibility index (Phi) is 14.0. The number of amides is 1. The van der Waals surface area contributed by atoms with Gasteiger partial charge in [-0.05, 0) is 139 Å². The van der Waals surface area contributed by atoms with E-state index < -0.39 is 46.0 Å². The Morgan fingerprint density at radius 3 is 1.53 bits per heavy atom. The maximum atomic E-state index is 17.0. The summed E-state index contributed by atoms with van der Waals surface area (Å²) in [7, 11) is 2.44. The number of phenols is 3. The van der Waals surface area contributed by atoms with Crippen molar-refractivity contribution in [2.75, 3.05) is 24.2 Å². The first kappa shape index (κ1) is 50.1. The van der Waals surface area contributed by atoms with Crippen LogP contribution in [0.3, 0.4) is 0 Å². The molecule has 3 aromatic heterocycles. The van der Waals surface area contributed by atoms with E-state index >= 15 is 17.6 Å². The molecule has 7 N–H and O–H groups in total. The fourth-order valence-corrected chi connectivity index (χ4v) is 12.4. The van der Waals surface area contributed by atoms with E-state index in [1.165, 1.54) is 47.2 Å². The molecule has 2 aliphatic carbocycles. The number of carbonyl (C=O) groups excluding carboxylic acids is 1. The van der Waals surface area contributed by atoms with Gasteiger partial charge in [0.15, 0.2) is 23.3 Å². The molecule has 0 spiro atoms. The van der Waals surface area contributed by atoms with Crippen LogP contribution in [-0.2, 0) is 4.74 Å². The summed E-state index contributed by atoms with van der Waals surface area (Å²) in [6.45, 7) is 2.19. The largest absolute Gasteiger partial charge is 0.508 e. The van der Waals surface area contributed by atoms with Gasteiger partial charge in [-0.2, -0.15) is 0 Å². The molecule has 76 heavy (non-hydrogen) atoms. The van der Waals surface area contributed by atoms with E-state index in [4.69, 9.17) is 14.7 Å². The molecule has 1 amide bonds. The summed E-state index contributed by atoms with van der Waals surface area (Å²) < 4.78 is 72.7. The average molecular weight is 1060 g/mol. The van der Waals surface area contributed by atoms with Gasteiger partial charge in [0, 0.05) is 69.5 Å². The number of aromatic hydroxyl groups is 3. The van der Waals surface area contributed by atoms with Crippen LogP contribution in [0.4, 0.5) is 28.0 Å². The summed E-state index contributed by atoms with van der Waals surface area (Å²) in [6.07, 6.45) is 9.94. The van der Waals surface area contributed by atoms with Crippen LogP contribution in [0.15, 0.2) is 97.1 Å². The summed E-state index contributed by atoms with van der Waals surface area (Å²) in [5, 5.41) is 36.7. The molecule has 11 nitrogen and oxygen atoms in total. The molecule has 2 aliphatic heterocycles. The van der Waals surface area contributed by atoms with Crippen molar-refractivity contribution in [3.63, 3.8) is 0 Å². The van der Waals surface area contributed by atoms with Crippen LogP contribution in [0.2, 0.25) is 0 Å². The third-order valence-corrected chi connectivity index (χ3v) is 16.6. The SMILES string of the molecule is CC(Nc1c(F)c(F)c(-c2c3nc(c(-c4cccc(O)c4)c4ccc([nH]4)c(-c4cccc(O)c4)c4nc(c(-c5cccc(O)c5)c5ccc2[nH]5)C=C4)C=C3)c(F)c1F)SSCCNC(=O)OC[C@H]1[C@@H]2CCC#CCC[C@@H]21. The lowest BCUT2D eigenvalue weighted by Gasteiger charge is -2.18. The molecule has 0 radical (unpaired) electrons. The van der Waals surface area contributed by atoms with Gasteiger partial charge in [0.2, 0.25) is 0 Å². The van der Waals surface area contributed by atoms with Crippen molar-refractivity contribution in [1.29, 1.82) is 0 Å². The molecule has 7 aromatic rings. The lowest BCUT2D eigenvalue weighted by molar-refractivity contribution is 0.138. The number of alkyl carbamates (subject to hydrolysis) is 1. The van der Waals surface area contributed by atoms with Gasteiger partial charge < -0.3 is 40.7 Å². The summed E-state index contributed by atoms with van der Waals surface area (Å²) in [4.78, 5) is 29.2. The zero-order chi connectivity index (χ0) is 52.6. The van der Waals surface area contributed by atoms with Crippen LogP contribution in [0.1, 0.15) is 55.4 Å². The van der Waals surface area contributed by atoms with E-state index in [1.807, 2.05) is 12.1 Å². The minimum absolute atomic E-state index is 0.0278. The van der Waals surface area contributed by atoms with Crippen molar-refractivity contribution in [2.24, 2.45) is 17.8 Å². The highest BCUT2D eigenvalue weighted by atomic mass is 33.1. The number of anilines is 1. The molecule has 11 rings (SSSR count). The topological polar surface area (TPSA) is 168 Å². The highest BCUT2D eigenvalue weighted by Gasteiger charge is 2.49. The van der Waals surface area contributed by atoms with Gasteiger partial charge in [-0.25, -0.2) is 32.3 Å². The first-order chi connectivity index (χ1) is 36.9. The maximum Gasteiger partial charge on any atom is 0.407 e. The second kappa shape index (κ2) is 21.3. The number of ether oxygens (including phenoxy) is 1. The monoisotopic (exact) mass is 1060 g/mol. The third-order valence-electron chi connectivity index (χ3n) is 13.9. The predicted octanol–water partition coefficient (Wildman–Crippen LogP) is 14.3. The minimum Gasteiger partial charge on any atom is -0.508 e. The zero-order valence-electron chi connectivity index (χ0n) is 40.7. The van der Waals surface area contributed by atoms with Crippen LogP contribution in [0, 0.1) is 52.9 Å². The van der Waals surface area contributed by atoms with Crippen LogP contribution in [0.25, 0.3) is 90.9 Å². The van der Waals surface area contributed by atoms with Crippen molar-refractivity contribution < 1.29 is 42.4 Å². The third kappa shape index (κ3) is 10.1. The molecule has 4 atom stereocenters. The van der Waals surface area contributed by atoms with Crippen LogP contribution in [-0.4, -0.2) is 65.6 Å². The first-order valence-electron chi connectivity index (χ1n) is 24.7. The molecule has 8 bridgehead atoms. The molecule has 1 unspecified atom stereocenters. The van der Waals surface area contributed by atoms with Crippen molar-refractivity contribution in [2.45, 2.75) is 38.0 Å². The Morgan fingerprint density at radius 1 is 0.645 bits per heavy atom. The molecule has 1 saturated carbocycles. The van der Waals surface area contributed by atoms with E-state index in [0.717, 1.165) is 36.5 Å². The molecule has 384 valence electrons. The molecule has 5 heterocycles. The first-order valence-corrected chi connectivity index (χ1v) is 27.1. The highest BCUT2D eigenvalue weighted by Crippen LogP contribution is 2.52. The van der Waals surface area contributed by atoms with Gasteiger partial charge >= 0.3 is 6.09 Å². The average Bonchev–Trinajstić information content (AvgIpc) is 4.09. The van der Waals surface area contributed by atoms with E-state index in [2.05, 4.69) is 32.4 Å². The quantitative estimate of drug-likeness (QED) is 0.0147. The second-order valence-electron chi connectivity index (χ2n) is 18.8. The number of H-pyrrole nitrogens is 2. The molecule has 4 aromatic carbocycles. The van der Waals surface area contributed by atoms with Gasteiger partial charge in [0.05, 0.1) is 40.3 Å². The van der Waals surface area contributed by atoms with Crippen molar-refractivity contribution in [3.8, 4) is 73.6 Å². The Morgan fingerprint density at radius 2 is 1.08 bits per heavy atom. The van der Waals surface area contributed by atoms with Gasteiger partial charge in [-0.15, -0.1) is 11.8 Å². The lowest BCUT2D eigenvalue weighted by atomic mass is 10.0. The van der Waals surface area contributed by atoms with E-state index in [-0.39, 0.29) is 46.3 Å². The summed E-state index contributed by atoms with van der Waals surface area (Å²) in [5.74, 6) is 1.46. The van der Waals surface area contributed by atoms with Gasteiger partial charge in [0.25, 0.3) is 0 Å². The molecule has 1 fully saturated rings. The Labute approximate surface area is 442 Å². The fourth-order valence-electron chi connectivity index (χ4n) is 10.4. The predicted molar refractivity (Wildman–Crippen MR) is 295 cm³/mol. The molecule has 4 aliphatic rings. The Hall–Kier alpha value is -8.07. The molecule has 0 saturated heterocycles. The van der Waals surface area contributed by atoms with E-state index in [9.17, 15) is 20.1 Å². The minimum atomic E-state index is -1.68. The highest BCUT2D eigenvalue weighted by molar-refractivity contribution is 8.77. The standard InChI is InChI=1S/C59H48F4N6O5S2/c1-31(76-75-26-25-64-59(73)74-30-40-38-15-4-2-3-5-16-39(38)40)65-58-56(62)54(60)53(55(61)57(58)63)52-47-23-21-45(68-47)50(33-10-7-13-36(71)28-33)43-19-17-41(66-43)49(32-9-6-12-35(70)27-32)42-18-20-44(67-42)51(46-22-24-48(52)69-46)34-11-8-14-37(72)29-34/h6-14,17-24,27-29,31,38-40,65-66,69-72H,4-5,15-16,25-26,30H2,1H3,(H,64,73)/t31?,38-,39+,40+. The number of benzene rings is 4. The van der Waals surface area contributed by atoms with Crippen molar-refractivity contribution in [1.82, 2.24) is 25.3 Å². The number of nitrogens with one attached hydrogen (secondary N) is 4. The second-order valence-corrected chi connectivity index (χ2v) is 21.6. The normalized spacial score (nSPS) is 16.7. The number of aromatic nitrogens is 4. The number of fused-ring (bicyclic) bond motifs is 9. The lowest BCUT2D eigenvalue weighted by Crippen LogP contribution is -2.27.